The topological polar surface area (TPSA) is 68.0 Å². The predicted octanol–water partition coefficient (Wildman–Crippen LogP) is 2.37. The maximum atomic E-state index is 10.7. The van der Waals surface area contributed by atoms with E-state index in [9.17, 15) is 4.79 Å². The van der Waals surface area contributed by atoms with Crippen molar-refractivity contribution in [2.24, 2.45) is 0 Å². The van der Waals surface area contributed by atoms with Crippen molar-refractivity contribution in [2.45, 2.75) is 32.0 Å². The summed E-state index contributed by atoms with van der Waals surface area (Å²) in [7, 11) is 0. The van der Waals surface area contributed by atoms with Gasteiger partial charge in [0.15, 0.2) is 5.16 Å². The molecule has 1 N–H and O–H groups in total. The van der Waals surface area contributed by atoms with E-state index < -0.39 is 5.97 Å². The molecular weight excluding hydrogens is 274 g/mol. The maximum absolute atomic E-state index is 10.7. The van der Waals surface area contributed by atoms with Crippen LogP contribution in [0.5, 0.6) is 0 Å². The van der Waals surface area contributed by atoms with Gasteiger partial charge in [-0.25, -0.2) is 4.98 Å². The van der Waals surface area contributed by atoms with Gasteiger partial charge in [-0.2, -0.15) is 0 Å². The SMILES string of the molecule is CCc1cccnc1Cn1cc(C)nc1SCC(=O)O. The molecule has 0 radical (unpaired) electrons. The van der Waals surface area contributed by atoms with Crippen LogP contribution in [-0.2, 0) is 17.8 Å². The quantitative estimate of drug-likeness (QED) is 0.828. The summed E-state index contributed by atoms with van der Waals surface area (Å²) in [6.45, 7) is 4.62. The number of hydrogen-bond donors (Lipinski definition) is 1. The number of carbonyl (C=O) groups is 1. The first-order valence-electron chi connectivity index (χ1n) is 6.41. The van der Waals surface area contributed by atoms with Crippen molar-refractivity contribution in [3.05, 3.63) is 41.5 Å². The number of carboxylic acid groups (broad SMARTS) is 1. The molecule has 6 heteroatoms. The Morgan fingerprint density at radius 3 is 3.00 bits per heavy atom. The van der Waals surface area contributed by atoms with E-state index in [-0.39, 0.29) is 5.75 Å². The van der Waals surface area contributed by atoms with Gasteiger partial charge in [0.05, 0.1) is 23.7 Å². The van der Waals surface area contributed by atoms with Crippen molar-refractivity contribution in [1.82, 2.24) is 14.5 Å². The molecule has 0 amide bonds. The van der Waals surface area contributed by atoms with Crippen LogP contribution in [0.25, 0.3) is 0 Å². The van der Waals surface area contributed by atoms with Crippen molar-refractivity contribution in [1.29, 1.82) is 0 Å². The second kappa shape index (κ2) is 6.56. The Morgan fingerprint density at radius 1 is 1.50 bits per heavy atom. The van der Waals surface area contributed by atoms with Crippen LogP contribution in [0, 0.1) is 6.92 Å². The monoisotopic (exact) mass is 291 g/mol. The largest absolute Gasteiger partial charge is 0.481 e. The van der Waals surface area contributed by atoms with E-state index in [1.54, 1.807) is 6.20 Å². The summed E-state index contributed by atoms with van der Waals surface area (Å²) in [4.78, 5) is 19.5. The van der Waals surface area contributed by atoms with Crippen LogP contribution in [-0.4, -0.2) is 31.4 Å². The van der Waals surface area contributed by atoms with Gasteiger partial charge in [0, 0.05) is 12.4 Å². The first-order chi connectivity index (χ1) is 9.60. The minimum atomic E-state index is -0.839. The zero-order chi connectivity index (χ0) is 14.5. The van der Waals surface area contributed by atoms with Crippen LogP contribution in [0.15, 0.2) is 29.7 Å². The molecule has 2 rings (SSSR count). The van der Waals surface area contributed by atoms with E-state index >= 15 is 0 Å². The van der Waals surface area contributed by atoms with E-state index in [0.29, 0.717) is 6.54 Å². The van der Waals surface area contributed by atoms with E-state index in [2.05, 4.69) is 23.0 Å². The van der Waals surface area contributed by atoms with E-state index in [1.165, 1.54) is 17.3 Å². The van der Waals surface area contributed by atoms with Crippen LogP contribution in [0.3, 0.4) is 0 Å². The molecule has 0 saturated heterocycles. The van der Waals surface area contributed by atoms with E-state index in [1.807, 2.05) is 23.8 Å². The zero-order valence-electron chi connectivity index (χ0n) is 11.5. The van der Waals surface area contributed by atoms with Gasteiger partial charge in [-0.05, 0) is 25.0 Å². The van der Waals surface area contributed by atoms with Crippen LogP contribution in [0.4, 0.5) is 0 Å². The fraction of sp³-hybridized carbons (Fsp3) is 0.357. The van der Waals surface area contributed by atoms with Crippen molar-refractivity contribution in [3.8, 4) is 0 Å². The van der Waals surface area contributed by atoms with Crippen LogP contribution >= 0.6 is 11.8 Å². The number of rotatable bonds is 6. The third kappa shape index (κ3) is 3.60. The number of pyridine rings is 1. The number of aryl methyl sites for hydroxylation is 2. The molecule has 2 aromatic heterocycles. The molecule has 0 aromatic carbocycles. The molecule has 0 aliphatic heterocycles. The lowest BCUT2D eigenvalue weighted by Crippen LogP contribution is -2.07. The van der Waals surface area contributed by atoms with Gasteiger partial charge in [0.2, 0.25) is 0 Å². The molecule has 5 nitrogen and oxygen atoms in total. The Hall–Kier alpha value is -1.82. The van der Waals surface area contributed by atoms with Gasteiger partial charge < -0.3 is 9.67 Å². The Bertz CT molecular complexity index is 610. The zero-order valence-corrected chi connectivity index (χ0v) is 12.4. The smallest absolute Gasteiger partial charge is 0.313 e. The van der Waals surface area contributed by atoms with Crippen LogP contribution < -0.4 is 0 Å². The minimum Gasteiger partial charge on any atom is -0.481 e. The number of aliphatic carboxylic acids is 1. The number of imidazole rings is 1. The van der Waals surface area contributed by atoms with Gasteiger partial charge in [0.1, 0.15) is 0 Å². The maximum Gasteiger partial charge on any atom is 0.313 e. The third-order valence-corrected chi connectivity index (χ3v) is 3.85. The predicted molar refractivity (Wildman–Crippen MR) is 78.0 cm³/mol. The summed E-state index contributed by atoms with van der Waals surface area (Å²) in [6.07, 6.45) is 4.63. The molecule has 0 spiro atoms. The average molecular weight is 291 g/mol. The molecule has 0 aliphatic rings. The lowest BCUT2D eigenvalue weighted by atomic mass is 10.1. The lowest BCUT2D eigenvalue weighted by Gasteiger charge is -2.09. The number of hydrogen-bond acceptors (Lipinski definition) is 4. The standard InChI is InChI=1S/C14H17N3O2S/c1-3-11-5-4-6-15-12(11)8-17-7-10(2)16-14(17)20-9-13(18)19/h4-7H,3,8-9H2,1-2H3,(H,18,19). The molecule has 2 aromatic rings. The second-order valence-electron chi connectivity index (χ2n) is 4.44. The molecule has 20 heavy (non-hydrogen) atoms. The summed E-state index contributed by atoms with van der Waals surface area (Å²) in [5.74, 6) is -0.825. The molecule has 0 unspecified atom stereocenters. The first kappa shape index (κ1) is 14.6. The van der Waals surface area contributed by atoms with Gasteiger partial charge >= 0.3 is 5.97 Å². The highest BCUT2D eigenvalue weighted by atomic mass is 32.2. The number of aromatic nitrogens is 3. The summed E-state index contributed by atoms with van der Waals surface area (Å²) < 4.78 is 1.96. The van der Waals surface area contributed by atoms with Crippen molar-refractivity contribution < 1.29 is 9.90 Å². The molecule has 0 bridgehead atoms. The highest BCUT2D eigenvalue weighted by Gasteiger charge is 2.11. The molecular formula is C14H17N3O2S. The average Bonchev–Trinajstić information content (AvgIpc) is 2.77. The Balaban J connectivity index is 2.22. The molecule has 0 saturated carbocycles. The van der Waals surface area contributed by atoms with Crippen molar-refractivity contribution in [3.63, 3.8) is 0 Å². The number of thioether (sulfide) groups is 1. The fourth-order valence-corrected chi connectivity index (χ4v) is 2.72. The number of carboxylic acids is 1. The van der Waals surface area contributed by atoms with Crippen molar-refractivity contribution >= 4 is 17.7 Å². The van der Waals surface area contributed by atoms with Crippen LogP contribution in [0.2, 0.25) is 0 Å². The third-order valence-electron chi connectivity index (χ3n) is 2.87. The lowest BCUT2D eigenvalue weighted by molar-refractivity contribution is -0.133. The fourth-order valence-electron chi connectivity index (χ4n) is 1.98. The normalized spacial score (nSPS) is 10.7. The van der Waals surface area contributed by atoms with Gasteiger partial charge in [-0.3, -0.25) is 9.78 Å². The highest BCUT2D eigenvalue weighted by Crippen LogP contribution is 2.19. The summed E-state index contributed by atoms with van der Waals surface area (Å²) in [5, 5.41) is 9.49. The number of nitrogens with zero attached hydrogens (tertiary/aromatic N) is 3. The van der Waals surface area contributed by atoms with Crippen LogP contribution in [0.1, 0.15) is 23.9 Å². The Kier molecular flexibility index (Phi) is 4.79. The molecule has 106 valence electrons. The van der Waals surface area contributed by atoms with Gasteiger partial charge in [-0.1, -0.05) is 24.8 Å². The Labute approximate surface area is 122 Å². The summed E-state index contributed by atoms with van der Waals surface area (Å²) >= 11 is 1.23. The molecule has 0 atom stereocenters. The van der Waals surface area contributed by atoms with E-state index in [0.717, 1.165) is 23.0 Å². The van der Waals surface area contributed by atoms with E-state index in [4.69, 9.17) is 5.11 Å². The first-order valence-corrected chi connectivity index (χ1v) is 7.39. The molecule has 0 aliphatic carbocycles. The Morgan fingerprint density at radius 2 is 2.30 bits per heavy atom. The molecule has 2 heterocycles. The van der Waals surface area contributed by atoms with Crippen molar-refractivity contribution in [2.75, 3.05) is 5.75 Å². The highest BCUT2D eigenvalue weighted by molar-refractivity contribution is 7.99. The summed E-state index contributed by atoms with van der Waals surface area (Å²) in [6, 6.07) is 4.00. The minimum absolute atomic E-state index is 0.0132. The molecule has 0 fully saturated rings. The summed E-state index contributed by atoms with van der Waals surface area (Å²) in [5.41, 5.74) is 3.09. The van der Waals surface area contributed by atoms with Gasteiger partial charge in [0.25, 0.3) is 0 Å². The second-order valence-corrected chi connectivity index (χ2v) is 5.38. The van der Waals surface area contributed by atoms with Gasteiger partial charge in [-0.15, -0.1) is 0 Å².